The van der Waals surface area contributed by atoms with E-state index < -0.39 is 0 Å². The molecule has 0 bridgehead atoms. The van der Waals surface area contributed by atoms with Crippen LogP contribution in [0.2, 0.25) is 0 Å². The summed E-state index contributed by atoms with van der Waals surface area (Å²) < 4.78 is 10.4. The maximum absolute atomic E-state index is 5.33. The van der Waals surface area contributed by atoms with Crippen molar-refractivity contribution in [1.29, 1.82) is 0 Å². The minimum Gasteiger partial charge on any atom is -0.384 e. The van der Waals surface area contributed by atoms with Gasteiger partial charge in [0.15, 0.2) is 5.82 Å². The molecule has 0 aliphatic carbocycles. The van der Waals surface area contributed by atoms with Crippen molar-refractivity contribution < 1.29 is 9.26 Å². The van der Waals surface area contributed by atoms with Crippen LogP contribution in [0.15, 0.2) is 10.6 Å². The van der Waals surface area contributed by atoms with E-state index in [2.05, 4.69) is 31.3 Å². The predicted octanol–water partition coefficient (Wildman–Crippen LogP) is 1.67. The Kier molecular flexibility index (Phi) is 4.84. The van der Waals surface area contributed by atoms with Crippen LogP contribution >= 0.6 is 0 Å². The monoisotopic (exact) mass is 305 g/mol. The minimum atomic E-state index is 0.481. The second kappa shape index (κ2) is 7.02. The highest BCUT2D eigenvalue weighted by molar-refractivity contribution is 5.13. The number of hydrogen-bond acceptors (Lipinski definition) is 6. The average molecular weight is 305 g/mol. The van der Waals surface area contributed by atoms with E-state index in [1.807, 2.05) is 6.92 Å². The van der Waals surface area contributed by atoms with Gasteiger partial charge in [-0.2, -0.15) is 10.1 Å². The molecule has 1 N–H and O–H groups in total. The molecule has 0 amide bonds. The molecule has 3 rings (SSSR count). The third-order valence-electron chi connectivity index (χ3n) is 4.05. The lowest BCUT2D eigenvalue weighted by Gasteiger charge is -2.30. The van der Waals surface area contributed by atoms with Crippen molar-refractivity contribution in [3.8, 4) is 0 Å². The Labute approximate surface area is 130 Å². The van der Waals surface area contributed by atoms with Gasteiger partial charge in [0, 0.05) is 31.7 Å². The Morgan fingerprint density at radius 3 is 3.18 bits per heavy atom. The first kappa shape index (κ1) is 15.2. The number of aryl methyl sites for hydroxylation is 1. The molecule has 0 spiro atoms. The lowest BCUT2D eigenvalue weighted by molar-refractivity contribution is 0.175. The van der Waals surface area contributed by atoms with E-state index in [9.17, 15) is 0 Å². The van der Waals surface area contributed by atoms with Crippen LogP contribution in [0.4, 0.5) is 0 Å². The Bertz CT molecular complexity index is 594. The molecular weight excluding hydrogens is 282 g/mol. The SMILES string of the molecule is COCCc1noc(CN2CCC[C@@H](c3cc(C)[nH]n3)C2)n1. The summed E-state index contributed by atoms with van der Waals surface area (Å²) in [7, 11) is 1.67. The first-order valence-electron chi connectivity index (χ1n) is 7.79. The van der Waals surface area contributed by atoms with Gasteiger partial charge in [-0.15, -0.1) is 0 Å². The van der Waals surface area contributed by atoms with Crippen LogP contribution in [0.25, 0.3) is 0 Å². The number of hydrogen-bond donors (Lipinski definition) is 1. The normalized spacial score (nSPS) is 19.6. The molecule has 1 atom stereocenters. The van der Waals surface area contributed by atoms with Gasteiger partial charge in [0.2, 0.25) is 5.89 Å². The van der Waals surface area contributed by atoms with E-state index in [0.717, 1.165) is 24.5 Å². The lowest BCUT2D eigenvalue weighted by atomic mass is 9.95. The molecule has 2 aromatic rings. The van der Waals surface area contributed by atoms with E-state index in [0.29, 0.717) is 37.2 Å². The number of rotatable bonds is 6. The van der Waals surface area contributed by atoms with Gasteiger partial charge in [-0.3, -0.25) is 10.00 Å². The van der Waals surface area contributed by atoms with Crippen molar-refractivity contribution in [2.45, 2.75) is 38.6 Å². The van der Waals surface area contributed by atoms with Crippen molar-refractivity contribution in [2.24, 2.45) is 0 Å². The summed E-state index contributed by atoms with van der Waals surface area (Å²) in [5, 5.41) is 11.4. The van der Waals surface area contributed by atoms with E-state index in [4.69, 9.17) is 9.26 Å². The zero-order chi connectivity index (χ0) is 15.4. The summed E-state index contributed by atoms with van der Waals surface area (Å²) in [5.41, 5.74) is 2.28. The first-order valence-corrected chi connectivity index (χ1v) is 7.79. The molecule has 7 nitrogen and oxygen atoms in total. The largest absolute Gasteiger partial charge is 0.384 e. The molecule has 0 aromatic carbocycles. The highest BCUT2D eigenvalue weighted by Crippen LogP contribution is 2.26. The van der Waals surface area contributed by atoms with Gasteiger partial charge in [-0.25, -0.2) is 0 Å². The molecule has 22 heavy (non-hydrogen) atoms. The number of aromatic nitrogens is 4. The number of ether oxygens (including phenoxy) is 1. The summed E-state index contributed by atoms with van der Waals surface area (Å²) in [4.78, 5) is 6.79. The number of nitrogens with one attached hydrogen (secondary N) is 1. The standard InChI is InChI=1S/C15H23N5O2/c1-11-8-13(18-17-11)12-4-3-6-20(9-12)10-15-16-14(19-22-15)5-7-21-2/h8,12H,3-7,9-10H2,1-2H3,(H,17,18)/t12-/m1/s1. The fourth-order valence-electron chi connectivity index (χ4n) is 2.93. The van der Waals surface area contributed by atoms with Crippen molar-refractivity contribution in [3.63, 3.8) is 0 Å². The van der Waals surface area contributed by atoms with Crippen LogP contribution in [-0.2, 0) is 17.7 Å². The van der Waals surface area contributed by atoms with Gasteiger partial charge in [-0.1, -0.05) is 5.16 Å². The molecule has 2 aromatic heterocycles. The van der Waals surface area contributed by atoms with Gasteiger partial charge in [0.25, 0.3) is 0 Å². The minimum absolute atomic E-state index is 0.481. The quantitative estimate of drug-likeness (QED) is 0.874. The number of nitrogens with zero attached hydrogens (tertiary/aromatic N) is 4. The van der Waals surface area contributed by atoms with Gasteiger partial charge in [0.1, 0.15) is 0 Å². The molecule has 1 saturated heterocycles. The molecule has 7 heteroatoms. The number of methoxy groups -OCH3 is 1. The number of likely N-dealkylation sites (tertiary alicyclic amines) is 1. The van der Waals surface area contributed by atoms with Crippen molar-refractivity contribution >= 4 is 0 Å². The van der Waals surface area contributed by atoms with Crippen LogP contribution in [0.1, 0.15) is 41.9 Å². The smallest absolute Gasteiger partial charge is 0.240 e. The Balaban J connectivity index is 1.57. The summed E-state index contributed by atoms with van der Waals surface area (Å²) in [6, 6.07) is 2.14. The lowest BCUT2D eigenvalue weighted by Crippen LogP contribution is -2.34. The first-order chi connectivity index (χ1) is 10.7. The number of piperidine rings is 1. The van der Waals surface area contributed by atoms with Crippen molar-refractivity contribution in [1.82, 2.24) is 25.2 Å². The third kappa shape index (κ3) is 3.72. The maximum atomic E-state index is 5.33. The maximum Gasteiger partial charge on any atom is 0.240 e. The van der Waals surface area contributed by atoms with Crippen LogP contribution in [0, 0.1) is 6.92 Å². The topological polar surface area (TPSA) is 80.1 Å². The molecule has 1 fully saturated rings. The zero-order valence-corrected chi connectivity index (χ0v) is 13.2. The van der Waals surface area contributed by atoms with Gasteiger partial charge in [-0.05, 0) is 32.4 Å². The summed E-state index contributed by atoms with van der Waals surface area (Å²) in [6.45, 7) is 5.41. The fourth-order valence-corrected chi connectivity index (χ4v) is 2.93. The van der Waals surface area contributed by atoms with E-state index in [1.165, 1.54) is 12.8 Å². The summed E-state index contributed by atoms with van der Waals surface area (Å²) in [6.07, 6.45) is 3.04. The van der Waals surface area contributed by atoms with Crippen molar-refractivity contribution in [2.75, 3.05) is 26.8 Å². The predicted molar refractivity (Wildman–Crippen MR) is 80.5 cm³/mol. The summed E-state index contributed by atoms with van der Waals surface area (Å²) >= 11 is 0. The highest BCUT2D eigenvalue weighted by atomic mass is 16.5. The van der Waals surface area contributed by atoms with Crippen molar-refractivity contribution in [3.05, 3.63) is 29.2 Å². The zero-order valence-electron chi connectivity index (χ0n) is 13.2. The van der Waals surface area contributed by atoms with Gasteiger partial charge >= 0.3 is 0 Å². The second-order valence-electron chi connectivity index (χ2n) is 5.90. The molecule has 0 unspecified atom stereocenters. The van der Waals surface area contributed by atoms with Crippen LogP contribution in [0.5, 0.6) is 0 Å². The highest BCUT2D eigenvalue weighted by Gasteiger charge is 2.24. The molecular formula is C15H23N5O2. The molecule has 1 aliphatic rings. The van der Waals surface area contributed by atoms with E-state index in [-0.39, 0.29) is 0 Å². The molecule has 1 aliphatic heterocycles. The number of aromatic amines is 1. The fraction of sp³-hybridized carbons (Fsp3) is 0.667. The molecule has 120 valence electrons. The van der Waals surface area contributed by atoms with Gasteiger partial charge < -0.3 is 9.26 Å². The second-order valence-corrected chi connectivity index (χ2v) is 5.90. The Morgan fingerprint density at radius 2 is 2.41 bits per heavy atom. The van der Waals surface area contributed by atoms with Gasteiger partial charge in [0.05, 0.1) is 18.8 Å². The third-order valence-corrected chi connectivity index (χ3v) is 4.05. The molecule has 0 radical (unpaired) electrons. The van der Waals surface area contributed by atoms with E-state index in [1.54, 1.807) is 7.11 Å². The van der Waals surface area contributed by atoms with Crippen LogP contribution in [0.3, 0.4) is 0 Å². The summed E-state index contributed by atoms with van der Waals surface area (Å²) in [5.74, 6) is 1.88. The Hall–Kier alpha value is -1.73. The average Bonchev–Trinajstić information content (AvgIpc) is 3.15. The van der Waals surface area contributed by atoms with Crippen LogP contribution in [-0.4, -0.2) is 52.0 Å². The molecule has 0 saturated carbocycles. The number of H-pyrrole nitrogens is 1. The van der Waals surface area contributed by atoms with Crippen LogP contribution < -0.4 is 0 Å². The van der Waals surface area contributed by atoms with E-state index >= 15 is 0 Å². The Morgan fingerprint density at radius 1 is 1.50 bits per heavy atom. The molecule has 3 heterocycles.